The standard InChI is InChI=1S/C14H13BrO/c15-9-3-4-10-11(6-9)14(16)13-8-2-1-7(5-8)12(10)13/h3-4,6-8,12-13H,1-2,5H2/t7-,8+,12-,13-/m1/s1. The number of carbonyl (C=O) groups is 1. The fraction of sp³-hybridized carbons (Fsp3) is 0.500. The molecule has 1 aromatic rings. The molecule has 0 N–H and O–H groups in total. The first-order chi connectivity index (χ1) is 7.75. The number of benzene rings is 1. The van der Waals surface area contributed by atoms with Crippen LogP contribution < -0.4 is 0 Å². The van der Waals surface area contributed by atoms with Crippen molar-refractivity contribution in [2.24, 2.45) is 17.8 Å². The molecule has 2 heteroatoms. The first-order valence-electron chi connectivity index (χ1n) is 6.09. The molecule has 0 heterocycles. The summed E-state index contributed by atoms with van der Waals surface area (Å²) in [7, 11) is 0. The molecule has 2 bridgehead atoms. The summed E-state index contributed by atoms with van der Waals surface area (Å²) in [6.07, 6.45) is 3.93. The number of fused-ring (bicyclic) bond motifs is 7. The quantitative estimate of drug-likeness (QED) is 0.705. The molecule has 1 nitrogen and oxygen atoms in total. The Balaban J connectivity index is 1.91. The van der Waals surface area contributed by atoms with Crippen molar-refractivity contribution in [1.82, 2.24) is 0 Å². The zero-order valence-corrected chi connectivity index (χ0v) is 10.5. The maximum absolute atomic E-state index is 12.4. The van der Waals surface area contributed by atoms with Gasteiger partial charge < -0.3 is 0 Å². The van der Waals surface area contributed by atoms with Gasteiger partial charge in [-0.2, -0.15) is 0 Å². The molecule has 3 aliphatic rings. The molecule has 0 saturated heterocycles. The highest BCUT2D eigenvalue weighted by Gasteiger charge is 2.55. The zero-order chi connectivity index (χ0) is 10.9. The van der Waals surface area contributed by atoms with Crippen LogP contribution in [0.15, 0.2) is 22.7 Å². The van der Waals surface area contributed by atoms with Crippen molar-refractivity contribution >= 4 is 21.7 Å². The maximum atomic E-state index is 12.4. The third-order valence-electron chi connectivity index (χ3n) is 4.86. The van der Waals surface area contributed by atoms with Crippen LogP contribution in [0.4, 0.5) is 0 Å². The van der Waals surface area contributed by atoms with Crippen LogP contribution in [0, 0.1) is 17.8 Å². The number of carbonyl (C=O) groups excluding carboxylic acids is 1. The molecular formula is C14H13BrO. The van der Waals surface area contributed by atoms with Gasteiger partial charge in [-0.15, -0.1) is 0 Å². The zero-order valence-electron chi connectivity index (χ0n) is 8.95. The Labute approximate surface area is 103 Å². The van der Waals surface area contributed by atoms with Gasteiger partial charge in [0, 0.05) is 16.0 Å². The monoisotopic (exact) mass is 276 g/mol. The maximum Gasteiger partial charge on any atom is 0.167 e. The SMILES string of the molecule is O=C1c2cc(Br)ccc2[C@H]2[C@@H]3CC[C@@H](C3)[C@@H]12. The second-order valence-corrected chi connectivity index (χ2v) is 6.40. The summed E-state index contributed by atoms with van der Waals surface area (Å²) in [5.41, 5.74) is 2.34. The van der Waals surface area contributed by atoms with Crippen LogP contribution in [0.1, 0.15) is 41.1 Å². The summed E-state index contributed by atoms with van der Waals surface area (Å²) >= 11 is 3.47. The van der Waals surface area contributed by atoms with E-state index < -0.39 is 0 Å². The number of hydrogen-bond donors (Lipinski definition) is 0. The predicted molar refractivity (Wildman–Crippen MR) is 65.5 cm³/mol. The van der Waals surface area contributed by atoms with Crippen molar-refractivity contribution < 1.29 is 4.79 Å². The molecule has 1 aromatic carbocycles. The normalized spacial score (nSPS) is 38.9. The number of hydrogen-bond acceptors (Lipinski definition) is 1. The molecule has 0 amide bonds. The Morgan fingerprint density at radius 1 is 1.12 bits per heavy atom. The average Bonchev–Trinajstić information content (AvgIpc) is 2.92. The molecule has 0 radical (unpaired) electrons. The van der Waals surface area contributed by atoms with Gasteiger partial charge in [0.1, 0.15) is 0 Å². The van der Waals surface area contributed by atoms with Crippen LogP contribution >= 0.6 is 15.9 Å². The third-order valence-corrected chi connectivity index (χ3v) is 5.35. The van der Waals surface area contributed by atoms with E-state index in [2.05, 4.69) is 28.1 Å². The summed E-state index contributed by atoms with van der Waals surface area (Å²) in [5.74, 6) is 2.81. The van der Waals surface area contributed by atoms with Crippen molar-refractivity contribution in [3.8, 4) is 0 Å². The number of rotatable bonds is 0. The number of Topliss-reactive ketones (excluding diaryl/α,β-unsaturated/α-hetero) is 1. The molecule has 82 valence electrons. The van der Waals surface area contributed by atoms with Crippen LogP contribution in [0.25, 0.3) is 0 Å². The topological polar surface area (TPSA) is 17.1 Å². The lowest BCUT2D eigenvalue weighted by Crippen LogP contribution is -2.20. The molecule has 0 spiro atoms. The van der Waals surface area contributed by atoms with E-state index >= 15 is 0 Å². The Hall–Kier alpha value is -0.630. The fourth-order valence-electron chi connectivity index (χ4n) is 4.33. The molecule has 2 fully saturated rings. The minimum atomic E-state index is 0.336. The van der Waals surface area contributed by atoms with Gasteiger partial charge in [0.2, 0.25) is 0 Å². The Morgan fingerprint density at radius 3 is 2.69 bits per heavy atom. The lowest BCUT2D eigenvalue weighted by Gasteiger charge is -2.23. The molecular weight excluding hydrogens is 264 g/mol. The van der Waals surface area contributed by atoms with Gasteiger partial charge in [-0.05, 0) is 54.7 Å². The van der Waals surface area contributed by atoms with Crippen LogP contribution in [-0.4, -0.2) is 5.78 Å². The smallest absolute Gasteiger partial charge is 0.167 e. The van der Waals surface area contributed by atoms with E-state index in [0.29, 0.717) is 23.5 Å². The van der Waals surface area contributed by atoms with Crippen molar-refractivity contribution in [1.29, 1.82) is 0 Å². The van der Waals surface area contributed by atoms with Crippen molar-refractivity contribution in [3.63, 3.8) is 0 Å². The highest BCUT2D eigenvalue weighted by molar-refractivity contribution is 9.10. The van der Waals surface area contributed by atoms with Crippen LogP contribution in [0.3, 0.4) is 0 Å². The minimum Gasteiger partial charge on any atom is -0.294 e. The summed E-state index contributed by atoms with van der Waals surface area (Å²) < 4.78 is 1.03. The van der Waals surface area contributed by atoms with Gasteiger partial charge in [0.25, 0.3) is 0 Å². The second-order valence-electron chi connectivity index (χ2n) is 5.48. The van der Waals surface area contributed by atoms with Gasteiger partial charge >= 0.3 is 0 Å². The van der Waals surface area contributed by atoms with Gasteiger partial charge in [0.15, 0.2) is 5.78 Å². The second kappa shape index (κ2) is 2.98. The first-order valence-corrected chi connectivity index (χ1v) is 6.88. The summed E-state index contributed by atoms with van der Waals surface area (Å²) in [5, 5.41) is 0. The Morgan fingerprint density at radius 2 is 1.88 bits per heavy atom. The number of halogens is 1. The van der Waals surface area contributed by atoms with Crippen molar-refractivity contribution in [3.05, 3.63) is 33.8 Å². The first kappa shape index (κ1) is 9.41. The lowest BCUT2D eigenvalue weighted by atomic mass is 9.79. The van der Waals surface area contributed by atoms with Crippen LogP contribution in [0.2, 0.25) is 0 Å². The molecule has 3 aliphatic carbocycles. The molecule has 16 heavy (non-hydrogen) atoms. The molecule has 0 unspecified atom stereocenters. The van der Waals surface area contributed by atoms with E-state index in [0.717, 1.165) is 16.0 Å². The highest BCUT2D eigenvalue weighted by atomic mass is 79.9. The molecule has 0 aromatic heterocycles. The molecule has 2 saturated carbocycles. The van der Waals surface area contributed by atoms with E-state index in [1.165, 1.54) is 24.8 Å². The van der Waals surface area contributed by atoms with Crippen molar-refractivity contribution in [2.75, 3.05) is 0 Å². The van der Waals surface area contributed by atoms with Crippen LogP contribution in [0.5, 0.6) is 0 Å². The number of ketones is 1. The Kier molecular flexibility index (Phi) is 1.75. The van der Waals surface area contributed by atoms with E-state index in [4.69, 9.17) is 0 Å². The molecule has 4 atom stereocenters. The van der Waals surface area contributed by atoms with Gasteiger partial charge in [-0.1, -0.05) is 22.0 Å². The molecule has 0 aliphatic heterocycles. The van der Waals surface area contributed by atoms with E-state index in [9.17, 15) is 4.79 Å². The highest BCUT2D eigenvalue weighted by Crippen LogP contribution is 2.61. The van der Waals surface area contributed by atoms with Gasteiger partial charge in [-0.3, -0.25) is 4.79 Å². The lowest BCUT2D eigenvalue weighted by molar-refractivity contribution is 0.0883. The Bertz CT molecular complexity index is 494. The summed E-state index contributed by atoms with van der Waals surface area (Å²) in [6.45, 7) is 0. The van der Waals surface area contributed by atoms with E-state index in [-0.39, 0.29) is 0 Å². The summed E-state index contributed by atoms with van der Waals surface area (Å²) in [6, 6.07) is 6.28. The predicted octanol–water partition coefficient (Wildman–Crippen LogP) is 3.78. The minimum absolute atomic E-state index is 0.336. The largest absolute Gasteiger partial charge is 0.294 e. The summed E-state index contributed by atoms with van der Waals surface area (Å²) in [4.78, 5) is 12.4. The van der Waals surface area contributed by atoms with E-state index in [1.807, 2.05) is 6.07 Å². The third kappa shape index (κ3) is 0.994. The van der Waals surface area contributed by atoms with Gasteiger partial charge in [0.05, 0.1) is 0 Å². The van der Waals surface area contributed by atoms with Gasteiger partial charge in [-0.25, -0.2) is 0 Å². The fourth-order valence-corrected chi connectivity index (χ4v) is 4.69. The average molecular weight is 277 g/mol. The van der Waals surface area contributed by atoms with E-state index in [1.54, 1.807) is 0 Å². The molecule has 4 rings (SSSR count). The van der Waals surface area contributed by atoms with Crippen molar-refractivity contribution in [2.45, 2.75) is 25.2 Å². The van der Waals surface area contributed by atoms with Crippen LogP contribution in [-0.2, 0) is 0 Å².